The second-order valence-corrected chi connectivity index (χ2v) is 8.12. The molecule has 30 heavy (non-hydrogen) atoms. The van der Waals surface area contributed by atoms with E-state index in [0.717, 1.165) is 0 Å². The van der Waals surface area contributed by atoms with Crippen molar-refractivity contribution in [3.05, 3.63) is 57.2 Å². The molecule has 2 aromatic rings. The van der Waals surface area contributed by atoms with E-state index in [4.69, 9.17) is 15.2 Å². The Hall–Kier alpha value is -2.72. The minimum Gasteiger partial charge on any atom is -0.490 e. The number of ether oxygens (including phenoxy) is 2. The van der Waals surface area contributed by atoms with Gasteiger partial charge in [0.25, 0.3) is 11.8 Å². The van der Waals surface area contributed by atoms with Gasteiger partial charge >= 0.3 is 0 Å². The van der Waals surface area contributed by atoms with Gasteiger partial charge in [0.15, 0.2) is 23.6 Å². The van der Waals surface area contributed by atoms with Gasteiger partial charge in [0.1, 0.15) is 5.82 Å². The van der Waals surface area contributed by atoms with Gasteiger partial charge in [0.2, 0.25) is 0 Å². The van der Waals surface area contributed by atoms with E-state index in [2.05, 4.69) is 26.6 Å². The summed E-state index contributed by atoms with van der Waals surface area (Å²) in [6.45, 7) is 1.90. The zero-order valence-corrected chi connectivity index (χ0v) is 18.3. The molecule has 0 saturated carbocycles. The number of primary amides is 1. The summed E-state index contributed by atoms with van der Waals surface area (Å²) in [6.07, 6.45) is 1.69. The summed E-state index contributed by atoms with van der Waals surface area (Å²) in [6, 6.07) is 9.67. The van der Waals surface area contributed by atoms with Crippen LogP contribution in [0.5, 0.6) is 11.5 Å². The van der Waals surface area contributed by atoms with E-state index in [1.165, 1.54) is 17.8 Å². The zero-order valence-electron chi connectivity index (χ0n) is 15.9. The SMILES string of the molecule is CCOc1cc(/C=C2\SC(Nc3ccccc3F)NC2=O)cc(Br)c1OCC(N)=O. The number of rotatable bonds is 8. The smallest absolute Gasteiger partial charge is 0.260 e. The molecule has 0 aliphatic carbocycles. The number of hydrogen-bond acceptors (Lipinski definition) is 6. The predicted octanol–water partition coefficient (Wildman–Crippen LogP) is 3.45. The summed E-state index contributed by atoms with van der Waals surface area (Å²) in [5.74, 6) is -0.536. The van der Waals surface area contributed by atoms with Crippen molar-refractivity contribution >= 4 is 51.3 Å². The highest BCUT2D eigenvalue weighted by atomic mass is 79.9. The van der Waals surface area contributed by atoms with Crippen molar-refractivity contribution in [2.24, 2.45) is 5.73 Å². The zero-order chi connectivity index (χ0) is 21.7. The van der Waals surface area contributed by atoms with Gasteiger partial charge in [-0.2, -0.15) is 0 Å². The Labute approximate surface area is 185 Å². The molecule has 2 aromatic carbocycles. The minimum atomic E-state index is -0.608. The van der Waals surface area contributed by atoms with Crippen LogP contribution in [0.3, 0.4) is 0 Å². The monoisotopic (exact) mass is 495 g/mol. The number of anilines is 1. The van der Waals surface area contributed by atoms with Gasteiger partial charge in [-0.15, -0.1) is 0 Å². The van der Waals surface area contributed by atoms with Crippen molar-refractivity contribution in [3.8, 4) is 11.5 Å². The first-order valence-corrected chi connectivity index (χ1v) is 10.6. The third-order valence-corrected chi connectivity index (χ3v) is 5.50. The molecule has 0 aromatic heterocycles. The fraction of sp³-hybridized carbons (Fsp3) is 0.200. The number of nitrogens with one attached hydrogen (secondary N) is 2. The standard InChI is InChI=1S/C20H19BrFN3O4S/c1-2-28-15-8-11(7-12(21)18(15)29-10-17(23)26)9-16-19(27)25-20(30-16)24-14-6-4-3-5-13(14)22/h3-9,20,24H,2,10H2,1H3,(H2,23,26)(H,25,27)/b16-9-. The van der Waals surface area contributed by atoms with Crippen LogP contribution >= 0.6 is 27.7 Å². The average molecular weight is 496 g/mol. The lowest BCUT2D eigenvalue weighted by atomic mass is 10.2. The molecule has 1 aliphatic heterocycles. The highest BCUT2D eigenvalue weighted by Crippen LogP contribution is 2.39. The Balaban J connectivity index is 1.80. The number of benzene rings is 2. The van der Waals surface area contributed by atoms with Crippen LogP contribution in [0.25, 0.3) is 6.08 Å². The van der Waals surface area contributed by atoms with Crippen LogP contribution in [0.2, 0.25) is 0 Å². The van der Waals surface area contributed by atoms with E-state index in [-0.39, 0.29) is 12.5 Å². The summed E-state index contributed by atoms with van der Waals surface area (Å²) in [7, 11) is 0. The number of thioether (sulfide) groups is 1. The molecule has 10 heteroatoms. The van der Waals surface area contributed by atoms with Crippen molar-refractivity contribution in [1.29, 1.82) is 0 Å². The van der Waals surface area contributed by atoms with Crippen LogP contribution in [0.15, 0.2) is 45.8 Å². The molecule has 158 valence electrons. The summed E-state index contributed by atoms with van der Waals surface area (Å²) >= 11 is 4.63. The summed E-state index contributed by atoms with van der Waals surface area (Å²) in [5.41, 5.74) is 5.62. The molecule has 0 spiro atoms. The van der Waals surface area contributed by atoms with Crippen molar-refractivity contribution < 1.29 is 23.5 Å². The topological polar surface area (TPSA) is 103 Å². The maximum absolute atomic E-state index is 13.8. The average Bonchev–Trinajstić information content (AvgIpc) is 3.02. The predicted molar refractivity (Wildman–Crippen MR) is 118 cm³/mol. The second kappa shape index (κ2) is 9.86. The first kappa shape index (κ1) is 22.0. The van der Waals surface area contributed by atoms with E-state index >= 15 is 0 Å². The van der Waals surface area contributed by atoms with E-state index in [1.807, 2.05) is 6.92 Å². The molecule has 1 fully saturated rings. The Morgan fingerprint density at radius 1 is 1.37 bits per heavy atom. The maximum atomic E-state index is 13.8. The fourth-order valence-electron chi connectivity index (χ4n) is 2.65. The van der Waals surface area contributed by atoms with E-state index in [9.17, 15) is 14.0 Å². The third-order valence-electron chi connectivity index (χ3n) is 3.88. The van der Waals surface area contributed by atoms with E-state index in [0.29, 0.717) is 38.7 Å². The van der Waals surface area contributed by atoms with Crippen LogP contribution in [-0.4, -0.2) is 30.5 Å². The van der Waals surface area contributed by atoms with Crippen LogP contribution in [0, 0.1) is 5.82 Å². The Bertz CT molecular complexity index is 1000. The lowest BCUT2D eigenvalue weighted by Gasteiger charge is -2.14. The number of nitrogens with two attached hydrogens (primary N) is 1. The number of halogens is 2. The Morgan fingerprint density at radius 2 is 2.13 bits per heavy atom. The Morgan fingerprint density at radius 3 is 2.83 bits per heavy atom. The molecular formula is C20H19BrFN3O4S. The molecule has 1 aliphatic rings. The molecule has 2 amide bonds. The highest BCUT2D eigenvalue weighted by Gasteiger charge is 2.28. The molecule has 3 rings (SSSR count). The molecule has 4 N–H and O–H groups in total. The van der Waals surface area contributed by atoms with Gasteiger partial charge in [-0.3, -0.25) is 9.59 Å². The number of para-hydroxylation sites is 1. The maximum Gasteiger partial charge on any atom is 0.260 e. The molecule has 1 unspecified atom stereocenters. The van der Waals surface area contributed by atoms with Crippen LogP contribution in [-0.2, 0) is 9.59 Å². The second-order valence-electron chi connectivity index (χ2n) is 6.12. The molecule has 1 saturated heterocycles. The van der Waals surface area contributed by atoms with Gasteiger partial charge in [0, 0.05) is 0 Å². The first-order valence-electron chi connectivity index (χ1n) is 8.95. The van der Waals surface area contributed by atoms with Gasteiger partial charge < -0.3 is 25.8 Å². The number of amides is 2. The normalized spacial score (nSPS) is 17.0. The first-order chi connectivity index (χ1) is 14.4. The van der Waals surface area contributed by atoms with E-state index < -0.39 is 17.2 Å². The number of carbonyl (C=O) groups is 2. The van der Waals surface area contributed by atoms with Crippen molar-refractivity contribution in [1.82, 2.24) is 5.32 Å². The molecule has 0 radical (unpaired) electrons. The van der Waals surface area contributed by atoms with Gasteiger partial charge in [-0.1, -0.05) is 23.9 Å². The largest absolute Gasteiger partial charge is 0.490 e. The molecule has 1 atom stereocenters. The lowest BCUT2D eigenvalue weighted by Crippen LogP contribution is -2.31. The summed E-state index contributed by atoms with van der Waals surface area (Å²) in [4.78, 5) is 23.8. The van der Waals surface area contributed by atoms with Crippen LogP contribution in [0.4, 0.5) is 10.1 Å². The van der Waals surface area contributed by atoms with Crippen molar-refractivity contribution in [2.45, 2.75) is 12.4 Å². The van der Waals surface area contributed by atoms with Gasteiger partial charge in [0.05, 0.1) is 21.7 Å². The van der Waals surface area contributed by atoms with Crippen LogP contribution in [0.1, 0.15) is 12.5 Å². The molecule has 0 bridgehead atoms. The lowest BCUT2D eigenvalue weighted by molar-refractivity contribution is -0.120. The highest BCUT2D eigenvalue weighted by molar-refractivity contribution is 9.10. The van der Waals surface area contributed by atoms with Crippen LogP contribution < -0.4 is 25.8 Å². The van der Waals surface area contributed by atoms with E-state index in [1.54, 1.807) is 36.4 Å². The molecule has 7 nitrogen and oxygen atoms in total. The summed E-state index contributed by atoms with van der Waals surface area (Å²) in [5, 5.41) is 5.71. The molecular weight excluding hydrogens is 477 g/mol. The quantitative estimate of drug-likeness (QED) is 0.484. The molecule has 1 heterocycles. The number of carbonyl (C=O) groups excluding carboxylic acids is 2. The van der Waals surface area contributed by atoms with Crippen molar-refractivity contribution in [3.63, 3.8) is 0 Å². The third kappa shape index (κ3) is 5.45. The Kier molecular flexibility index (Phi) is 7.22. The number of hydrogen-bond donors (Lipinski definition) is 3. The van der Waals surface area contributed by atoms with Crippen molar-refractivity contribution in [2.75, 3.05) is 18.5 Å². The van der Waals surface area contributed by atoms with Gasteiger partial charge in [-0.05, 0) is 58.8 Å². The van der Waals surface area contributed by atoms with Gasteiger partial charge in [-0.25, -0.2) is 4.39 Å². The fourth-order valence-corrected chi connectivity index (χ4v) is 4.20. The minimum absolute atomic E-state index is 0.281. The summed E-state index contributed by atoms with van der Waals surface area (Å²) < 4.78 is 25.4.